The fourth-order valence-electron chi connectivity index (χ4n) is 0.914. The minimum absolute atomic E-state index is 0.656. The molecule has 0 fully saturated rings. The van der Waals surface area contributed by atoms with Crippen molar-refractivity contribution in [1.29, 1.82) is 0 Å². The van der Waals surface area contributed by atoms with Crippen LogP contribution in [0.5, 0.6) is 0 Å². The van der Waals surface area contributed by atoms with E-state index in [-0.39, 0.29) is 0 Å². The molecule has 0 saturated heterocycles. The zero-order valence-corrected chi connectivity index (χ0v) is 8.21. The van der Waals surface area contributed by atoms with Gasteiger partial charge in [-0.2, -0.15) is 0 Å². The maximum absolute atomic E-state index is 5.65. The number of nitrogen functional groups attached to an aromatic ring is 1. The number of anilines is 1. The average Bonchev–Trinajstić information content (AvgIpc) is 2.61. The Morgan fingerprint density at radius 1 is 1.50 bits per heavy atom. The lowest BCUT2D eigenvalue weighted by atomic mass is 10.5. The summed E-state index contributed by atoms with van der Waals surface area (Å²) in [6.07, 6.45) is 0. The van der Waals surface area contributed by atoms with E-state index in [1.165, 1.54) is 4.88 Å². The molecule has 12 heavy (non-hydrogen) atoms. The Balaban J connectivity index is 2.48. The molecule has 4 heteroatoms. The topological polar surface area (TPSA) is 38.9 Å². The van der Waals surface area contributed by atoms with E-state index in [4.69, 9.17) is 5.73 Å². The van der Waals surface area contributed by atoms with Crippen LogP contribution in [0.15, 0.2) is 17.5 Å². The molecule has 2 aromatic heterocycles. The van der Waals surface area contributed by atoms with Crippen LogP contribution in [0.2, 0.25) is 0 Å². The summed E-state index contributed by atoms with van der Waals surface area (Å²) in [4.78, 5) is 6.55. The lowest BCUT2D eigenvalue weighted by Crippen LogP contribution is -1.85. The van der Waals surface area contributed by atoms with Crippen LogP contribution in [-0.4, -0.2) is 4.98 Å². The highest BCUT2D eigenvalue weighted by Crippen LogP contribution is 2.31. The van der Waals surface area contributed by atoms with E-state index >= 15 is 0 Å². The van der Waals surface area contributed by atoms with Crippen molar-refractivity contribution >= 4 is 28.5 Å². The molecule has 0 radical (unpaired) electrons. The third-order valence-electron chi connectivity index (χ3n) is 1.56. The van der Waals surface area contributed by atoms with Gasteiger partial charge in [-0.25, -0.2) is 4.98 Å². The van der Waals surface area contributed by atoms with Gasteiger partial charge in [0.1, 0.15) is 10.8 Å². The highest BCUT2D eigenvalue weighted by molar-refractivity contribution is 7.21. The van der Waals surface area contributed by atoms with Crippen molar-refractivity contribution in [2.45, 2.75) is 6.92 Å². The van der Waals surface area contributed by atoms with Crippen LogP contribution in [0.25, 0.3) is 9.88 Å². The molecule has 2 aromatic rings. The van der Waals surface area contributed by atoms with Crippen molar-refractivity contribution in [2.75, 3.05) is 5.73 Å². The van der Waals surface area contributed by atoms with Crippen LogP contribution < -0.4 is 5.73 Å². The molecule has 2 rings (SSSR count). The number of nitrogens with zero attached hydrogens (tertiary/aromatic N) is 1. The number of hydrogen-bond donors (Lipinski definition) is 1. The molecule has 0 aliphatic heterocycles. The van der Waals surface area contributed by atoms with Crippen molar-refractivity contribution in [3.8, 4) is 9.88 Å². The molecular weight excluding hydrogens is 188 g/mol. The summed E-state index contributed by atoms with van der Waals surface area (Å²) in [6.45, 7) is 1.99. The minimum atomic E-state index is 0.656. The first-order chi connectivity index (χ1) is 5.77. The van der Waals surface area contributed by atoms with E-state index in [2.05, 4.69) is 11.1 Å². The SMILES string of the molecule is Cc1sc(-c2cccs2)nc1N. The fourth-order valence-corrected chi connectivity index (χ4v) is 2.54. The van der Waals surface area contributed by atoms with Crippen LogP contribution in [0.3, 0.4) is 0 Å². The second-order valence-electron chi connectivity index (χ2n) is 2.44. The molecule has 0 aliphatic carbocycles. The van der Waals surface area contributed by atoms with Gasteiger partial charge in [-0.05, 0) is 18.4 Å². The van der Waals surface area contributed by atoms with Crippen molar-refractivity contribution < 1.29 is 0 Å². The molecule has 0 amide bonds. The van der Waals surface area contributed by atoms with Crippen molar-refractivity contribution in [3.05, 3.63) is 22.4 Å². The molecule has 0 bridgehead atoms. The lowest BCUT2D eigenvalue weighted by Gasteiger charge is -1.84. The standard InChI is InChI=1S/C8H8N2S2/c1-5-7(9)10-8(12-5)6-3-2-4-11-6/h2-4H,9H2,1H3. The number of nitrogens with two attached hydrogens (primary N) is 1. The Bertz CT molecular complexity index is 356. The number of hydrogen-bond acceptors (Lipinski definition) is 4. The van der Waals surface area contributed by atoms with Gasteiger partial charge >= 0.3 is 0 Å². The molecule has 0 unspecified atom stereocenters. The third kappa shape index (κ3) is 1.23. The summed E-state index contributed by atoms with van der Waals surface area (Å²) >= 11 is 3.34. The summed E-state index contributed by atoms with van der Waals surface area (Å²) in [7, 11) is 0. The Kier molecular flexibility index (Phi) is 1.86. The Morgan fingerprint density at radius 3 is 2.83 bits per heavy atom. The molecule has 0 atom stereocenters. The maximum Gasteiger partial charge on any atom is 0.138 e. The number of thiazole rings is 1. The van der Waals surface area contributed by atoms with Crippen molar-refractivity contribution in [2.24, 2.45) is 0 Å². The second kappa shape index (κ2) is 2.88. The highest BCUT2D eigenvalue weighted by atomic mass is 32.1. The summed E-state index contributed by atoms with van der Waals surface area (Å²) in [5, 5.41) is 3.07. The van der Waals surface area contributed by atoms with E-state index in [1.807, 2.05) is 18.4 Å². The molecule has 0 saturated carbocycles. The van der Waals surface area contributed by atoms with Gasteiger partial charge in [-0.1, -0.05) is 6.07 Å². The van der Waals surface area contributed by atoms with E-state index in [1.54, 1.807) is 22.7 Å². The zero-order valence-electron chi connectivity index (χ0n) is 6.57. The van der Waals surface area contributed by atoms with Crippen molar-refractivity contribution in [1.82, 2.24) is 4.98 Å². The molecule has 2 heterocycles. The monoisotopic (exact) mass is 196 g/mol. The molecule has 0 aromatic carbocycles. The van der Waals surface area contributed by atoms with Crippen LogP contribution in [0, 0.1) is 6.92 Å². The zero-order chi connectivity index (χ0) is 8.55. The first kappa shape index (κ1) is 7.76. The summed E-state index contributed by atoms with van der Waals surface area (Å²) < 4.78 is 0. The van der Waals surface area contributed by atoms with Gasteiger partial charge in [0.25, 0.3) is 0 Å². The van der Waals surface area contributed by atoms with Gasteiger partial charge in [-0.3, -0.25) is 0 Å². The third-order valence-corrected chi connectivity index (χ3v) is 3.59. The maximum atomic E-state index is 5.65. The van der Waals surface area contributed by atoms with Crippen LogP contribution in [0.1, 0.15) is 4.88 Å². The first-order valence-corrected chi connectivity index (χ1v) is 5.24. The lowest BCUT2D eigenvalue weighted by molar-refractivity contribution is 1.40. The van der Waals surface area contributed by atoms with E-state index in [0.717, 1.165) is 9.88 Å². The minimum Gasteiger partial charge on any atom is -0.383 e. The first-order valence-electron chi connectivity index (χ1n) is 3.54. The smallest absolute Gasteiger partial charge is 0.138 e. The largest absolute Gasteiger partial charge is 0.383 e. The van der Waals surface area contributed by atoms with Gasteiger partial charge in [0.2, 0.25) is 0 Å². The van der Waals surface area contributed by atoms with Gasteiger partial charge in [0.15, 0.2) is 0 Å². The van der Waals surface area contributed by atoms with E-state index in [0.29, 0.717) is 5.82 Å². The number of aromatic nitrogens is 1. The molecule has 2 N–H and O–H groups in total. The number of aryl methyl sites for hydroxylation is 1. The summed E-state index contributed by atoms with van der Waals surface area (Å²) in [5.74, 6) is 0.656. The van der Waals surface area contributed by atoms with Gasteiger partial charge < -0.3 is 5.73 Å². The Labute approximate surface area is 78.7 Å². The molecule has 2 nitrogen and oxygen atoms in total. The van der Waals surface area contributed by atoms with Gasteiger partial charge in [-0.15, -0.1) is 22.7 Å². The summed E-state index contributed by atoms with van der Waals surface area (Å²) in [6, 6.07) is 4.08. The predicted octanol–water partition coefficient (Wildman–Crippen LogP) is 2.76. The van der Waals surface area contributed by atoms with Crippen LogP contribution in [-0.2, 0) is 0 Å². The van der Waals surface area contributed by atoms with E-state index in [9.17, 15) is 0 Å². The highest BCUT2D eigenvalue weighted by Gasteiger charge is 2.06. The van der Waals surface area contributed by atoms with Crippen LogP contribution >= 0.6 is 22.7 Å². The molecule has 0 aliphatic rings. The predicted molar refractivity (Wildman–Crippen MR) is 54.6 cm³/mol. The number of rotatable bonds is 1. The Morgan fingerprint density at radius 2 is 2.33 bits per heavy atom. The van der Waals surface area contributed by atoms with E-state index < -0.39 is 0 Å². The van der Waals surface area contributed by atoms with Crippen molar-refractivity contribution in [3.63, 3.8) is 0 Å². The normalized spacial score (nSPS) is 10.4. The van der Waals surface area contributed by atoms with Crippen LogP contribution in [0.4, 0.5) is 5.82 Å². The molecule has 62 valence electrons. The summed E-state index contributed by atoms with van der Waals surface area (Å²) in [5.41, 5.74) is 5.65. The average molecular weight is 196 g/mol. The van der Waals surface area contributed by atoms with Gasteiger partial charge in [0, 0.05) is 4.88 Å². The fraction of sp³-hybridized carbons (Fsp3) is 0.125. The Hall–Kier alpha value is -0.870. The quantitative estimate of drug-likeness (QED) is 0.761. The molecular formula is C8H8N2S2. The van der Waals surface area contributed by atoms with Gasteiger partial charge in [0.05, 0.1) is 4.88 Å². The second-order valence-corrected chi connectivity index (χ2v) is 4.59. The molecule has 0 spiro atoms. The number of thiophene rings is 1.